The van der Waals surface area contributed by atoms with Crippen LogP contribution in [0.5, 0.6) is 5.75 Å². The zero-order chi connectivity index (χ0) is 29.7. The van der Waals surface area contributed by atoms with Crippen LogP contribution in [-0.4, -0.2) is 88.2 Å². The molecule has 0 unspecified atom stereocenters. The Morgan fingerprint density at radius 3 is 2.67 bits per heavy atom. The Morgan fingerprint density at radius 2 is 1.95 bits per heavy atom. The molecule has 2 aromatic carbocycles. The van der Waals surface area contributed by atoms with Crippen LogP contribution in [0.15, 0.2) is 41.7 Å². The highest BCUT2D eigenvalue weighted by Gasteiger charge is 2.36. The lowest BCUT2D eigenvalue weighted by Gasteiger charge is -2.45. The molecule has 3 aromatic rings. The molecule has 3 aliphatic rings. The third-order valence-electron chi connectivity index (χ3n) is 8.37. The van der Waals surface area contributed by atoms with Gasteiger partial charge in [-0.05, 0) is 38.1 Å². The number of nitrogens with zero attached hydrogens (tertiary/aromatic N) is 5. The standard InChI is InChI=1S/C30H32ClF2N5O3S/c1-4-25(39)36-13-18(3)37(14-17(36)2)29-22-12-23(31)26(21-6-5-19(32)11-24(21)33)28-27(22)38(30(40)34-29)20(16-41-28)15-35-7-9-42-10-8-35/h4-6,11-12,17-18,20H,1,7-10,13-16H2,2-3H3/t17-,18+,20-/m1/s1. The lowest BCUT2D eigenvalue weighted by atomic mass is 9.99. The summed E-state index contributed by atoms with van der Waals surface area (Å²) < 4.78 is 37.0. The van der Waals surface area contributed by atoms with Gasteiger partial charge >= 0.3 is 5.69 Å². The van der Waals surface area contributed by atoms with Crippen LogP contribution in [0.3, 0.4) is 0 Å². The van der Waals surface area contributed by atoms with E-state index in [1.165, 1.54) is 18.2 Å². The quantitative estimate of drug-likeness (QED) is 0.389. The van der Waals surface area contributed by atoms with Gasteiger partial charge in [-0.15, -0.1) is 0 Å². The Labute approximate surface area is 251 Å². The zero-order valence-corrected chi connectivity index (χ0v) is 25.1. The van der Waals surface area contributed by atoms with Crippen molar-refractivity contribution in [1.82, 2.24) is 19.4 Å². The van der Waals surface area contributed by atoms with E-state index in [9.17, 15) is 14.0 Å². The molecule has 42 heavy (non-hydrogen) atoms. The topological polar surface area (TPSA) is 70.9 Å². The van der Waals surface area contributed by atoms with Crippen molar-refractivity contribution in [2.24, 2.45) is 0 Å². The number of amides is 1. The molecule has 0 bridgehead atoms. The van der Waals surface area contributed by atoms with Gasteiger partial charge in [0.05, 0.1) is 16.6 Å². The summed E-state index contributed by atoms with van der Waals surface area (Å²) >= 11 is 8.76. The number of anilines is 1. The number of halogens is 3. The highest BCUT2D eigenvalue weighted by Crippen LogP contribution is 2.47. The minimum Gasteiger partial charge on any atom is -0.488 e. The summed E-state index contributed by atoms with van der Waals surface area (Å²) in [5, 5.41) is 0.797. The fourth-order valence-corrected chi connectivity index (χ4v) is 7.56. The highest BCUT2D eigenvalue weighted by atomic mass is 35.5. The van der Waals surface area contributed by atoms with Gasteiger partial charge in [-0.2, -0.15) is 16.7 Å². The summed E-state index contributed by atoms with van der Waals surface area (Å²) in [5.41, 5.74) is 0.402. The molecule has 0 spiro atoms. The largest absolute Gasteiger partial charge is 0.488 e. The van der Waals surface area contributed by atoms with Crippen LogP contribution < -0.4 is 15.3 Å². The van der Waals surface area contributed by atoms with Crippen molar-refractivity contribution < 1.29 is 18.3 Å². The van der Waals surface area contributed by atoms with Crippen LogP contribution in [0.2, 0.25) is 5.02 Å². The average Bonchev–Trinajstić information content (AvgIpc) is 2.97. The van der Waals surface area contributed by atoms with E-state index in [0.29, 0.717) is 36.4 Å². The monoisotopic (exact) mass is 615 g/mol. The Hall–Kier alpha value is -3.15. The molecule has 0 N–H and O–H groups in total. The van der Waals surface area contributed by atoms with Crippen LogP contribution in [0.1, 0.15) is 19.9 Å². The van der Waals surface area contributed by atoms with Crippen molar-refractivity contribution in [1.29, 1.82) is 0 Å². The van der Waals surface area contributed by atoms with Gasteiger partial charge in [-0.3, -0.25) is 14.3 Å². The predicted octanol–water partition coefficient (Wildman–Crippen LogP) is 4.59. The van der Waals surface area contributed by atoms with E-state index in [-0.39, 0.29) is 52.5 Å². The van der Waals surface area contributed by atoms with Gasteiger partial charge in [0.1, 0.15) is 24.1 Å². The predicted molar refractivity (Wildman–Crippen MR) is 163 cm³/mol. The number of carbonyl (C=O) groups is 1. The first kappa shape index (κ1) is 28.9. The van der Waals surface area contributed by atoms with Crippen molar-refractivity contribution in [3.63, 3.8) is 0 Å². The van der Waals surface area contributed by atoms with Crippen LogP contribution >= 0.6 is 23.4 Å². The van der Waals surface area contributed by atoms with E-state index >= 15 is 4.39 Å². The summed E-state index contributed by atoms with van der Waals surface area (Å²) in [5.74, 6) is 1.11. The molecule has 6 rings (SSSR count). The van der Waals surface area contributed by atoms with Gasteiger partial charge in [0.25, 0.3) is 0 Å². The van der Waals surface area contributed by atoms with Crippen LogP contribution in [0.25, 0.3) is 22.0 Å². The fraction of sp³-hybridized carbons (Fsp3) is 0.433. The van der Waals surface area contributed by atoms with Crippen molar-refractivity contribution in [2.45, 2.75) is 32.0 Å². The molecule has 1 aromatic heterocycles. The Bertz CT molecular complexity index is 1630. The van der Waals surface area contributed by atoms with Crippen LogP contribution in [0.4, 0.5) is 14.6 Å². The average molecular weight is 616 g/mol. The summed E-state index contributed by atoms with van der Waals surface area (Å²) in [6.45, 7) is 11.0. The molecule has 3 atom stereocenters. The minimum atomic E-state index is -0.780. The normalized spacial score (nSPS) is 22.7. The van der Waals surface area contributed by atoms with Gasteiger partial charge in [0, 0.05) is 78.9 Å². The number of ether oxygens (including phenoxy) is 1. The zero-order valence-electron chi connectivity index (χ0n) is 23.5. The molecule has 2 fully saturated rings. The first-order valence-electron chi connectivity index (χ1n) is 14.0. The van der Waals surface area contributed by atoms with Crippen molar-refractivity contribution in [2.75, 3.05) is 55.7 Å². The Morgan fingerprint density at radius 1 is 1.19 bits per heavy atom. The van der Waals surface area contributed by atoms with Crippen LogP contribution in [-0.2, 0) is 4.79 Å². The number of rotatable bonds is 5. The first-order chi connectivity index (χ1) is 20.2. The minimum absolute atomic E-state index is 0.0840. The second-order valence-electron chi connectivity index (χ2n) is 11.1. The van der Waals surface area contributed by atoms with E-state index in [1.54, 1.807) is 15.5 Å². The molecule has 1 amide bonds. The maximum atomic E-state index is 15.1. The van der Waals surface area contributed by atoms with Crippen molar-refractivity contribution in [3.05, 3.63) is 64.1 Å². The van der Waals surface area contributed by atoms with E-state index in [2.05, 4.69) is 16.5 Å². The van der Waals surface area contributed by atoms with Gasteiger partial charge < -0.3 is 14.5 Å². The molecule has 3 aliphatic heterocycles. The lowest BCUT2D eigenvalue weighted by Crippen LogP contribution is -2.58. The SMILES string of the molecule is C=CC(=O)N1C[C@H](C)N(c2nc(=O)n3c4c(c(-c5ccc(F)cc5F)c(Cl)cc24)OC[C@H]3CN2CCSCC2)C[C@H]1C. The number of aromatic nitrogens is 2. The smallest absolute Gasteiger partial charge is 0.350 e. The highest BCUT2D eigenvalue weighted by molar-refractivity contribution is 7.99. The van der Waals surface area contributed by atoms with Gasteiger partial charge in [0.2, 0.25) is 5.91 Å². The Balaban J connectivity index is 1.54. The third kappa shape index (κ3) is 5.05. The van der Waals surface area contributed by atoms with Gasteiger partial charge in [-0.25, -0.2) is 13.6 Å². The first-order valence-corrected chi connectivity index (χ1v) is 15.6. The van der Waals surface area contributed by atoms with Crippen molar-refractivity contribution >= 4 is 46.0 Å². The second-order valence-corrected chi connectivity index (χ2v) is 12.7. The molecule has 4 heterocycles. The number of benzene rings is 2. The number of piperazine rings is 1. The number of hydrogen-bond acceptors (Lipinski definition) is 7. The van der Waals surface area contributed by atoms with E-state index in [0.717, 1.165) is 30.7 Å². The number of carbonyl (C=O) groups excluding carboxylic acids is 1. The van der Waals surface area contributed by atoms with E-state index in [4.69, 9.17) is 16.3 Å². The molecule has 0 radical (unpaired) electrons. The molecule has 0 saturated carbocycles. The molecule has 8 nitrogen and oxygen atoms in total. The number of hydrogen-bond donors (Lipinski definition) is 0. The van der Waals surface area contributed by atoms with Crippen LogP contribution in [0, 0.1) is 11.6 Å². The second kappa shape index (κ2) is 11.5. The summed E-state index contributed by atoms with van der Waals surface area (Å²) in [6, 6.07) is 4.35. The summed E-state index contributed by atoms with van der Waals surface area (Å²) in [6.07, 6.45) is 1.31. The molecular formula is C30H32ClF2N5O3S. The molecule has 222 valence electrons. The lowest BCUT2D eigenvalue weighted by molar-refractivity contribution is -0.128. The van der Waals surface area contributed by atoms with Gasteiger partial charge in [-0.1, -0.05) is 18.2 Å². The molecule has 0 aliphatic carbocycles. The van der Waals surface area contributed by atoms with Gasteiger partial charge in [0.15, 0.2) is 5.75 Å². The fourth-order valence-electron chi connectivity index (χ4n) is 6.28. The molecular weight excluding hydrogens is 584 g/mol. The third-order valence-corrected chi connectivity index (χ3v) is 9.61. The number of thioether (sulfide) groups is 1. The van der Waals surface area contributed by atoms with E-state index < -0.39 is 17.3 Å². The summed E-state index contributed by atoms with van der Waals surface area (Å²) in [7, 11) is 0. The van der Waals surface area contributed by atoms with E-state index in [1.807, 2.05) is 30.5 Å². The Kier molecular flexibility index (Phi) is 7.93. The maximum absolute atomic E-state index is 15.1. The summed E-state index contributed by atoms with van der Waals surface area (Å²) in [4.78, 5) is 37.1. The molecule has 12 heteroatoms. The maximum Gasteiger partial charge on any atom is 0.350 e. The molecule has 2 saturated heterocycles. The van der Waals surface area contributed by atoms with Crippen molar-refractivity contribution in [3.8, 4) is 16.9 Å².